The first-order valence-corrected chi connectivity index (χ1v) is 6.60. The molecule has 0 aliphatic carbocycles. The van der Waals surface area contributed by atoms with Crippen molar-refractivity contribution < 1.29 is 4.74 Å². The Balaban J connectivity index is 1.99. The standard InChI is InChI=1S/C15H25NO/c1-13(2)5-3-11-17-12-4-6-14-7-9-15(16)10-8-14/h7-10,13H,3-6,11-12,16H2,1-2H3. The number of nitrogens with two attached hydrogens (primary N) is 1. The fourth-order valence-corrected chi connectivity index (χ4v) is 1.76. The third-order valence-corrected chi connectivity index (χ3v) is 2.80. The number of rotatable bonds is 8. The van der Waals surface area contributed by atoms with Crippen LogP contribution in [0.3, 0.4) is 0 Å². The monoisotopic (exact) mass is 235 g/mol. The molecule has 0 saturated carbocycles. The van der Waals surface area contributed by atoms with E-state index in [4.69, 9.17) is 10.5 Å². The van der Waals surface area contributed by atoms with Crippen molar-refractivity contribution in [1.82, 2.24) is 0 Å². The highest BCUT2D eigenvalue weighted by Crippen LogP contribution is 2.08. The molecule has 0 fully saturated rings. The maximum atomic E-state index is 5.64. The molecule has 2 nitrogen and oxygen atoms in total. The van der Waals surface area contributed by atoms with Gasteiger partial charge in [-0.3, -0.25) is 0 Å². The van der Waals surface area contributed by atoms with Gasteiger partial charge in [-0.1, -0.05) is 26.0 Å². The van der Waals surface area contributed by atoms with E-state index in [1.54, 1.807) is 0 Å². The third kappa shape index (κ3) is 7.01. The van der Waals surface area contributed by atoms with E-state index in [-0.39, 0.29) is 0 Å². The van der Waals surface area contributed by atoms with E-state index >= 15 is 0 Å². The molecule has 0 heterocycles. The number of ether oxygens (including phenoxy) is 1. The Bertz CT molecular complexity index is 292. The Morgan fingerprint density at radius 2 is 1.71 bits per heavy atom. The van der Waals surface area contributed by atoms with Gasteiger partial charge in [0.05, 0.1) is 0 Å². The van der Waals surface area contributed by atoms with Crippen LogP contribution >= 0.6 is 0 Å². The molecule has 0 spiro atoms. The second-order valence-electron chi connectivity index (χ2n) is 4.99. The fraction of sp³-hybridized carbons (Fsp3) is 0.600. The van der Waals surface area contributed by atoms with Gasteiger partial charge < -0.3 is 10.5 Å². The Kier molecular flexibility index (Phi) is 6.71. The van der Waals surface area contributed by atoms with Crippen LogP contribution in [0.1, 0.15) is 38.7 Å². The Morgan fingerprint density at radius 1 is 1.06 bits per heavy atom. The third-order valence-electron chi connectivity index (χ3n) is 2.80. The van der Waals surface area contributed by atoms with Gasteiger partial charge in [0.15, 0.2) is 0 Å². The molecule has 2 N–H and O–H groups in total. The Hall–Kier alpha value is -1.02. The predicted octanol–water partition coefficient (Wildman–Crippen LogP) is 3.65. The normalized spacial score (nSPS) is 11.0. The molecule has 1 aromatic rings. The Labute approximate surface area is 105 Å². The molecule has 0 amide bonds. The second kappa shape index (κ2) is 8.13. The van der Waals surface area contributed by atoms with Crippen LogP contribution in [0.2, 0.25) is 0 Å². The smallest absolute Gasteiger partial charge is 0.0469 e. The van der Waals surface area contributed by atoms with E-state index in [0.717, 1.165) is 37.7 Å². The van der Waals surface area contributed by atoms with E-state index in [2.05, 4.69) is 26.0 Å². The average Bonchev–Trinajstić information content (AvgIpc) is 2.30. The molecule has 1 rings (SSSR count). The molecule has 0 atom stereocenters. The summed E-state index contributed by atoms with van der Waals surface area (Å²) in [7, 11) is 0. The lowest BCUT2D eigenvalue weighted by Gasteiger charge is -2.06. The zero-order valence-electron chi connectivity index (χ0n) is 11.1. The van der Waals surface area contributed by atoms with Gasteiger partial charge in [-0.15, -0.1) is 0 Å². The first kappa shape index (κ1) is 14.0. The zero-order chi connectivity index (χ0) is 12.5. The van der Waals surface area contributed by atoms with Crippen molar-refractivity contribution >= 4 is 5.69 Å². The highest BCUT2D eigenvalue weighted by Gasteiger charge is 1.96. The first-order valence-electron chi connectivity index (χ1n) is 6.60. The van der Waals surface area contributed by atoms with Crippen molar-refractivity contribution in [1.29, 1.82) is 0 Å². The highest BCUT2D eigenvalue weighted by atomic mass is 16.5. The average molecular weight is 235 g/mol. The van der Waals surface area contributed by atoms with Crippen LogP contribution < -0.4 is 5.73 Å². The molecule has 96 valence electrons. The highest BCUT2D eigenvalue weighted by molar-refractivity contribution is 5.39. The van der Waals surface area contributed by atoms with Gasteiger partial charge in [0.1, 0.15) is 0 Å². The first-order chi connectivity index (χ1) is 8.18. The Morgan fingerprint density at radius 3 is 2.35 bits per heavy atom. The van der Waals surface area contributed by atoms with Crippen LogP contribution in [0.5, 0.6) is 0 Å². The lowest BCUT2D eigenvalue weighted by molar-refractivity contribution is 0.126. The zero-order valence-corrected chi connectivity index (χ0v) is 11.1. The fourth-order valence-electron chi connectivity index (χ4n) is 1.76. The van der Waals surface area contributed by atoms with Crippen LogP contribution in [0.25, 0.3) is 0 Å². The number of anilines is 1. The molecule has 0 aromatic heterocycles. The lowest BCUT2D eigenvalue weighted by atomic mass is 10.1. The van der Waals surface area contributed by atoms with E-state index in [1.807, 2.05) is 12.1 Å². The minimum Gasteiger partial charge on any atom is -0.399 e. The van der Waals surface area contributed by atoms with Crippen LogP contribution in [0.4, 0.5) is 5.69 Å². The maximum Gasteiger partial charge on any atom is 0.0469 e. The molecule has 2 heteroatoms. The van der Waals surface area contributed by atoms with Crippen molar-refractivity contribution in [2.75, 3.05) is 18.9 Å². The number of benzene rings is 1. The molecule has 0 saturated heterocycles. The number of aryl methyl sites for hydroxylation is 1. The van der Waals surface area contributed by atoms with Gasteiger partial charge in [0.2, 0.25) is 0 Å². The molecule has 1 aromatic carbocycles. The van der Waals surface area contributed by atoms with Gasteiger partial charge in [-0.05, 0) is 49.3 Å². The van der Waals surface area contributed by atoms with Gasteiger partial charge in [0.25, 0.3) is 0 Å². The summed E-state index contributed by atoms with van der Waals surface area (Å²) in [5, 5.41) is 0. The molecule has 0 aliphatic rings. The number of nitrogen functional groups attached to an aromatic ring is 1. The summed E-state index contributed by atoms with van der Waals surface area (Å²) < 4.78 is 5.60. The van der Waals surface area contributed by atoms with Gasteiger partial charge >= 0.3 is 0 Å². The minimum absolute atomic E-state index is 0.786. The molecule has 17 heavy (non-hydrogen) atoms. The summed E-state index contributed by atoms with van der Waals surface area (Å²) >= 11 is 0. The van der Waals surface area contributed by atoms with Gasteiger partial charge in [0, 0.05) is 18.9 Å². The second-order valence-corrected chi connectivity index (χ2v) is 4.99. The summed E-state index contributed by atoms with van der Waals surface area (Å²) in [6.07, 6.45) is 4.60. The van der Waals surface area contributed by atoms with Crippen LogP contribution in [0.15, 0.2) is 24.3 Å². The van der Waals surface area contributed by atoms with Crippen LogP contribution in [0, 0.1) is 5.92 Å². The van der Waals surface area contributed by atoms with Crippen LogP contribution in [-0.4, -0.2) is 13.2 Å². The molecule has 0 aliphatic heterocycles. The summed E-state index contributed by atoms with van der Waals surface area (Å²) in [5.41, 5.74) is 7.81. The summed E-state index contributed by atoms with van der Waals surface area (Å²) in [6, 6.07) is 8.10. The van der Waals surface area contributed by atoms with Crippen LogP contribution in [-0.2, 0) is 11.2 Å². The van der Waals surface area contributed by atoms with Crippen molar-refractivity contribution in [2.24, 2.45) is 5.92 Å². The molecule has 0 bridgehead atoms. The van der Waals surface area contributed by atoms with E-state index in [1.165, 1.54) is 18.4 Å². The predicted molar refractivity (Wildman–Crippen MR) is 74.1 cm³/mol. The van der Waals surface area contributed by atoms with Crippen molar-refractivity contribution in [2.45, 2.75) is 39.5 Å². The van der Waals surface area contributed by atoms with E-state index in [9.17, 15) is 0 Å². The number of hydrogen-bond acceptors (Lipinski definition) is 2. The van der Waals surface area contributed by atoms with Crippen molar-refractivity contribution in [3.63, 3.8) is 0 Å². The number of hydrogen-bond donors (Lipinski definition) is 1. The summed E-state index contributed by atoms with van der Waals surface area (Å²) in [6.45, 7) is 6.27. The molecule has 0 unspecified atom stereocenters. The molecule has 0 radical (unpaired) electrons. The van der Waals surface area contributed by atoms with Crippen molar-refractivity contribution in [3.05, 3.63) is 29.8 Å². The van der Waals surface area contributed by atoms with Crippen molar-refractivity contribution in [3.8, 4) is 0 Å². The molecular weight excluding hydrogens is 210 g/mol. The lowest BCUT2D eigenvalue weighted by Crippen LogP contribution is -2.00. The summed E-state index contributed by atoms with van der Waals surface area (Å²) in [4.78, 5) is 0. The largest absolute Gasteiger partial charge is 0.399 e. The SMILES string of the molecule is CC(C)CCCOCCCc1ccc(N)cc1. The molecular formula is C15H25NO. The maximum absolute atomic E-state index is 5.64. The van der Waals surface area contributed by atoms with Gasteiger partial charge in [-0.2, -0.15) is 0 Å². The summed E-state index contributed by atoms with van der Waals surface area (Å²) in [5.74, 6) is 0.786. The van der Waals surface area contributed by atoms with E-state index in [0.29, 0.717) is 0 Å². The minimum atomic E-state index is 0.786. The topological polar surface area (TPSA) is 35.2 Å². The van der Waals surface area contributed by atoms with Gasteiger partial charge in [-0.25, -0.2) is 0 Å². The quantitative estimate of drug-likeness (QED) is 0.551. The van der Waals surface area contributed by atoms with E-state index < -0.39 is 0 Å².